The first-order chi connectivity index (χ1) is 4.93. The Kier molecular flexibility index (Phi) is 1.92. The molecular formula is C8H16N2Si. The number of aromatic nitrogens is 2. The normalized spacial score (nSPS) is 12.1. The van der Waals surface area contributed by atoms with E-state index in [0.29, 0.717) is 0 Å². The summed E-state index contributed by atoms with van der Waals surface area (Å²) in [6, 6.07) is 0. The smallest absolute Gasteiger partial charge is 0.0824 e. The van der Waals surface area contributed by atoms with E-state index in [1.165, 1.54) is 16.6 Å². The maximum Gasteiger partial charge on any atom is 0.0824 e. The second kappa shape index (κ2) is 2.48. The molecule has 0 spiro atoms. The molecule has 1 heterocycles. The Balaban J connectivity index is 3.21. The van der Waals surface area contributed by atoms with E-state index in [1.807, 2.05) is 0 Å². The van der Waals surface area contributed by atoms with Gasteiger partial charge in [-0.2, -0.15) is 5.10 Å². The third-order valence-corrected chi connectivity index (χ3v) is 4.11. The molecule has 11 heavy (non-hydrogen) atoms. The van der Waals surface area contributed by atoms with Gasteiger partial charge in [-0.05, 0) is 19.0 Å². The lowest BCUT2D eigenvalue weighted by Crippen LogP contribution is -2.40. The number of aryl methyl sites for hydroxylation is 2. The van der Waals surface area contributed by atoms with Gasteiger partial charge in [0.2, 0.25) is 0 Å². The first-order valence-corrected chi connectivity index (χ1v) is 7.45. The molecule has 1 aromatic rings. The summed E-state index contributed by atoms with van der Waals surface area (Å²) < 4.78 is 0. The van der Waals surface area contributed by atoms with Crippen molar-refractivity contribution in [2.24, 2.45) is 0 Å². The van der Waals surface area contributed by atoms with Gasteiger partial charge in [-0.3, -0.25) is 5.10 Å². The fourth-order valence-corrected chi connectivity index (χ4v) is 3.98. The van der Waals surface area contributed by atoms with Crippen molar-refractivity contribution in [1.29, 1.82) is 0 Å². The highest BCUT2D eigenvalue weighted by atomic mass is 28.3. The molecule has 0 aromatic carbocycles. The van der Waals surface area contributed by atoms with E-state index >= 15 is 0 Å². The molecule has 2 nitrogen and oxygen atoms in total. The zero-order chi connectivity index (χ0) is 8.65. The van der Waals surface area contributed by atoms with E-state index in [4.69, 9.17) is 0 Å². The number of rotatable bonds is 1. The third kappa shape index (κ3) is 1.53. The fraction of sp³-hybridized carbons (Fsp3) is 0.625. The molecule has 0 radical (unpaired) electrons. The summed E-state index contributed by atoms with van der Waals surface area (Å²) in [6.07, 6.45) is 0. The van der Waals surface area contributed by atoms with Crippen molar-refractivity contribution in [3.8, 4) is 0 Å². The average Bonchev–Trinajstić information content (AvgIpc) is 2.08. The van der Waals surface area contributed by atoms with Crippen LogP contribution in [0.4, 0.5) is 0 Å². The van der Waals surface area contributed by atoms with Crippen molar-refractivity contribution < 1.29 is 0 Å². The quantitative estimate of drug-likeness (QED) is 0.634. The third-order valence-electron chi connectivity index (χ3n) is 1.88. The predicted molar refractivity (Wildman–Crippen MR) is 51.0 cm³/mol. The minimum Gasteiger partial charge on any atom is -0.283 e. The number of nitrogens with zero attached hydrogens (tertiary/aromatic N) is 1. The molecule has 0 aliphatic heterocycles. The van der Waals surface area contributed by atoms with Crippen molar-refractivity contribution in [2.45, 2.75) is 33.5 Å². The number of nitrogens with one attached hydrogen (secondary N) is 1. The van der Waals surface area contributed by atoms with E-state index in [9.17, 15) is 0 Å². The maximum atomic E-state index is 4.19. The monoisotopic (exact) mass is 168 g/mol. The zero-order valence-electron chi connectivity index (χ0n) is 7.95. The number of aromatic amines is 1. The zero-order valence-corrected chi connectivity index (χ0v) is 8.95. The standard InChI is InChI=1S/C8H16N2Si/c1-6-8(11(3,4)5)7(2)10-9-6/h1-5H3,(H,9,10). The van der Waals surface area contributed by atoms with Gasteiger partial charge in [-0.25, -0.2) is 0 Å². The Morgan fingerprint density at radius 2 is 1.73 bits per heavy atom. The lowest BCUT2D eigenvalue weighted by Gasteiger charge is -2.15. The summed E-state index contributed by atoms with van der Waals surface area (Å²) in [7, 11) is -1.16. The number of H-pyrrole nitrogens is 1. The molecule has 0 bridgehead atoms. The Morgan fingerprint density at radius 3 is 1.91 bits per heavy atom. The minimum atomic E-state index is -1.16. The minimum absolute atomic E-state index is 1.16. The van der Waals surface area contributed by atoms with Crippen LogP contribution >= 0.6 is 0 Å². The summed E-state index contributed by atoms with van der Waals surface area (Å²) in [5.41, 5.74) is 2.43. The summed E-state index contributed by atoms with van der Waals surface area (Å²) in [6.45, 7) is 11.2. The van der Waals surface area contributed by atoms with E-state index in [2.05, 4.69) is 43.7 Å². The van der Waals surface area contributed by atoms with E-state index in [1.54, 1.807) is 0 Å². The SMILES string of the molecule is Cc1n[nH]c(C)c1[Si](C)(C)C. The van der Waals surface area contributed by atoms with Crippen LogP contribution in [0.15, 0.2) is 0 Å². The number of hydrogen-bond acceptors (Lipinski definition) is 1. The van der Waals surface area contributed by atoms with Crippen LogP contribution in [0.2, 0.25) is 19.6 Å². The van der Waals surface area contributed by atoms with Crippen molar-refractivity contribution in [2.75, 3.05) is 0 Å². The van der Waals surface area contributed by atoms with Crippen LogP contribution in [-0.4, -0.2) is 18.3 Å². The van der Waals surface area contributed by atoms with Crippen LogP contribution in [0.5, 0.6) is 0 Å². The van der Waals surface area contributed by atoms with Crippen LogP contribution in [-0.2, 0) is 0 Å². The van der Waals surface area contributed by atoms with Crippen molar-refractivity contribution >= 4 is 13.3 Å². The Bertz CT molecular complexity index is 238. The first-order valence-electron chi connectivity index (χ1n) is 3.95. The highest BCUT2D eigenvalue weighted by Gasteiger charge is 2.22. The lowest BCUT2D eigenvalue weighted by atomic mass is 10.4. The lowest BCUT2D eigenvalue weighted by molar-refractivity contribution is 1.02. The van der Waals surface area contributed by atoms with Crippen molar-refractivity contribution in [3.05, 3.63) is 11.4 Å². The molecule has 1 rings (SSSR count). The van der Waals surface area contributed by atoms with Gasteiger partial charge in [0.25, 0.3) is 0 Å². The van der Waals surface area contributed by atoms with Gasteiger partial charge < -0.3 is 0 Å². The molecular weight excluding hydrogens is 152 g/mol. The second-order valence-corrected chi connectivity index (χ2v) is 9.06. The molecule has 62 valence electrons. The molecule has 0 amide bonds. The second-order valence-electron chi connectivity index (χ2n) is 4.06. The number of hydrogen-bond donors (Lipinski definition) is 1. The Hall–Kier alpha value is -0.573. The van der Waals surface area contributed by atoms with Crippen LogP contribution < -0.4 is 5.19 Å². The highest BCUT2D eigenvalue weighted by Crippen LogP contribution is 2.06. The van der Waals surface area contributed by atoms with Crippen LogP contribution in [0.25, 0.3) is 0 Å². The van der Waals surface area contributed by atoms with Crippen molar-refractivity contribution in [1.82, 2.24) is 10.2 Å². The summed E-state index contributed by atoms with van der Waals surface area (Å²) in [4.78, 5) is 0. The molecule has 0 saturated carbocycles. The van der Waals surface area contributed by atoms with E-state index in [0.717, 1.165) is 0 Å². The average molecular weight is 168 g/mol. The summed E-state index contributed by atoms with van der Waals surface area (Å²) in [5, 5.41) is 8.70. The Labute approximate surface area is 69.0 Å². The van der Waals surface area contributed by atoms with Gasteiger partial charge in [0, 0.05) is 5.69 Å². The van der Waals surface area contributed by atoms with Crippen LogP contribution in [0.1, 0.15) is 11.4 Å². The molecule has 0 aliphatic carbocycles. The van der Waals surface area contributed by atoms with Crippen molar-refractivity contribution in [3.63, 3.8) is 0 Å². The molecule has 1 aromatic heterocycles. The van der Waals surface area contributed by atoms with Gasteiger partial charge in [0.1, 0.15) is 0 Å². The molecule has 0 aliphatic rings. The maximum absolute atomic E-state index is 4.19. The predicted octanol–water partition coefficient (Wildman–Crippen LogP) is 1.57. The molecule has 0 saturated heterocycles. The summed E-state index contributed by atoms with van der Waals surface area (Å²) >= 11 is 0. The van der Waals surface area contributed by atoms with Crippen LogP contribution in [0.3, 0.4) is 0 Å². The van der Waals surface area contributed by atoms with Gasteiger partial charge >= 0.3 is 0 Å². The first kappa shape index (κ1) is 8.52. The largest absolute Gasteiger partial charge is 0.283 e. The topological polar surface area (TPSA) is 28.7 Å². The van der Waals surface area contributed by atoms with Gasteiger partial charge in [0.05, 0.1) is 13.8 Å². The highest BCUT2D eigenvalue weighted by molar-refractivity contribution is 6.89. The van der Waals surface area contributed by atoms with E-state index < -0.39 is 8.07 Å². The molecule has 0 unspecified atom stereocenters. The van der Waals surface area contributed by atoms with E-state index in [-0.39, 0.29) is 0 Å². The Morgan fingerprint density at radius 1 is 1.18 bits per heavy atom. The summed E-state index contributed by atoms with van der Waals surface area (Å²) in [5.74, 6) is 0. The molecule has 0 atom stereocenters. The van der Waals surface area contributed by atoms with Crippen LogP contribution in [0, 0.1) is 13.8 Å². The fourth-order valence-electron chi connectivity index (χ4n) is 1.66. The molecule has 0 fully saturated rings. The van der Waals surface area contributed by atoms with Gasteiger partial charge in [-0.15, -0.1) is 0 Å². The molecule has 1 N–H and O–H groups in total. The van der Waals surface area contributed by atoms with Gasteiger partial charge in [-0.1, -0.05) is 19.6 Å². The molecule has 3 heteroatoms. The van der Waals surface area contributed by atoms with Gasteiger partial charge in [0.15, 0.2) is 0 Å².